The molecule has 0 N–H and O–H groups in total. The third kappa shape index (κ3) is 3.39. The van der Waals surface area contributed by atoms with Gasteiger partial charge in [0, 0.05) is 12.1 Å². The van der Waals surface area contributed by atoms with E-state index in [1.54, 1.807) is 0 Å². The lowest BCUT2D eigenvalue weighted by Gasteiger charge is -2.05. The number of hydrogen-bond donors (Lipinski definition) is 0. The van der Waals surface area contributed by atoms with E-state index < -0.39 is 33.3 Å². The van der Waals surface area contributed by atoms with Crippen LogP contribution in [0.15, 0.2) is 23.1 Å². The van der Waals surface area contributed by atoms with Crippen LogP contribution in [0.5, 0.6) is 5.75 Å². The van der Waals surface area contributed by atoms with Crippen LogP contribution in [-0.4, -0.2) is 15.0 Å². The summed E-state index contributed by atoms with van der Waals surface area (Å²) in [7, 11) is -5.15. The fourth-order valence-electron chi connectivity index (χ4n) is 0.849. The van der Waals surface area contributed by atoms with Gasteiger partial charge in [-0.3, -0.25) is 0 Å². The Morgan fingerprint density at radius 3 is 2.27 bits per heavy atom. The number of rotatable bonds is 3. The summed E-state index contributed by atoms with van der Waals surface area (Å²) in [6.07, 6.45) is 0. The Hall–Kier alpha value is -1.31. The summed E-state index contributed by atoms with van der Waals surface area (Å²) in [4.78, 5) is -1.07. The smallest absolute Gasteiger partial charge is 0.387 e. The van der Waals surface area contributed by atoms with E-state index in [9.17, 15) is 25.5 Å². The SMILES string of the molecule is O=S(=O)(F)c1cc(F)cc(OC(F)F)c1. The molecule has 8 heteroatoms. The Morgan fingerprint density at radius 2 is 1.80 bits per heavy atom. The van der Waals surface area contributed by atoms with Crippen molar-refractivity contribution < 1.29 is 30.2 Å². The van der Waals surface area contributed by atoms with Gasteiger partial charge in [-0.1, -0.05) is 0 Å². The van der Waals surface area contributed by atoms with Crippen molar-refractivity contribution in [3.05, 3.63) is 24.0 Å². The second-order valence-electron chi connectivity index (χ2n) is 2.44. The molecule has 0 unspecified atom stereocenters. The van der Waals surface area contributed by atoms with E-state index in [1.165, 1.54) is 0 Å². The maximum atomic E-state index is 12.7. The van der Waals surface area contributed by atoms with Crippen LogP contribution in [0.25, 0.3) is 0 Å². The Balaban J connectivity index is 3.17. The van der Waals surface area contributed by atoms with E-state index >= 15 is 0 Å². The molecule has 0 fully saturated rings. The minimum absolute atomic E-state index is 0.355. The molecule has 0 aliphatic rings. The predicted octanol–water partition coefficient (Wildman–Crippen LogP) is 2.09. The van der Waals surface area contributed by atoms with Gasteiger partial charge in [0.05, 0.1) is 0 Å². The molecule has 0 saturated heterocycles. The third-order valence-corrected chi connectivity index (χ3v) is 2.15. The standard InChI is InChI=1S/C7H4F4O3S/c8-4-1-5(14-7(9)10)3-6(2-4)15(11,12)13/h1-3,7H. The molecule has 0 aliphatic heterocycles. The van der Waals surface area contributed by atoms with Crippen molar-refractivity contribution in [2.24, 2.45) is 0 Å². The van der Waals surface area contributed by atoms with Crippen molar-refractivity contribution in [2.75, 3.05) is 0 Å². The number of ether oxygens (including phenoxy) is 1. The van der Waals surface area contributed by atoms with Gasteiger partial charge in [-0.2, -0.15) is 17.2 Å². The summed E-state index contributed by atoms with van der Waals surface area (Å²) in [6.45, 7) is -3.25. The molecule has 1 aromatic rings. The number of benzene rings is 1. The molecule has 1 rings (SSSR count). The van der Waals surface area contributed by atoms with Crippen LogP contribution in [-0.2, 0) is 10.2 Å². The zero-order chi connectivity index (χ0) is 11.6. The van der Waals surface area contributed by atoms with Gasteiger partial charge in [0.15, 0.2) is 0 Å². The zero-order valence-corrected chi connectivity index (χ0v) is 7.77. The van der Waals surface area contributed by atoms with Gasteiger partial charge in [0.1, 0.15) is 16.5 Å². The van der Waals surface area contributed by atoms with E-state index in [-0.39, 0.29) is 0 Å². The number of halogens is 4. The maximum Gasteiger partial charge on any atom is 0.387 e. The lowest BCUT2D eigenvalue weighted by atomic mass is 10.3. The highest BCUT2D eigenvalue weighted by atomic mass is 32.3. The van der Waals surface area contributed by atoms with Crippen LogP contribution < -0.4 is 4.74 Å². The van der Waals surface area contributed by atoms with Crippen LogP contribution in [0.4, 0.5) is 17.1 Å². The zero-order valence-electron chi connectivity index (χ0n) is 6.95. The first-order valence-corrected chi connectivity index (χ1v) is 4.87. The minimum Gasteiger partial charge on any atom is -0.435 e. The third-order valence-electron chi connectivity index (χ3n) is 1.35. The van der Waals surface area contributed by atoms with Crippen LogP contribution in [0.2, 0.25) is 0 Å². The average molecular weight is 244 g/mol. The molecule has 1 aromatic carbocycles. The molecule has 0 bridgehead atoms. The molecule has 0 saturated carbocycles. The lowest BCUT2D eigenvalue weighted by Crippen LogP contribution is -2.03. The summed E-state index contributed by atoms with van der Waals surface area (Å²) < 4.78 is 72.8. The van der Waals surface area contributed by atoms with E-state index in [1.807, 2.05) is 0 Å². The highest BCUT2D eigenvalue weighted by Gasteiger charge is 2.16. The molecule has 0 atom stereocenters. The molecule has 0 heterocycles. The predicted molar refractivity (Wildman–Crippen MR) is 41.3 cm³/mol. The van der Waals surface area contributed by atoms with Crippen LogP contribution >= 0.6 is 0 Å². The number of alkyl halides is 2. The summed E-state index contributed by atoms with van der Waals surface area (Å²) in [5.41, 5.74) is 0. The van der Waals surface area contributed by atoms with Gasteiger partial charge in [-0.05, 0) is 6.07 Å². The largest absolute Gasteiger partial charge is 0.435 e. The highest BCUT2D eigenvalue weighted by Crippen LogP contribution is 2.22. The first-order valence-electron chi connectivity index (χ1n) is 3.49. The van der Waals surface area contributed by atoms with Crippen molar-refractivity contribution in [1.29, 1.82) is 0 Å². The monoisotopic (exact) mass is 244 g/mol. The van der Waals surface area contributed by atoms with Gasteiger partial charge in [-0.15, -0.1) is 3.89 Å². The summed E-state index contributed by atoms with van der Waals surface area (Å²) in [6, 6.07) is 1.33. The fourth-order valence-corrected chi connectivity index (χ4v) is 1.36. The minimum atomic E-state index is -5.15. The second kappa shape index (κ2) is 4.05. The lowest BCUT2D eigenvalue weighted by molar-refractivity contribution is -0.0501. The Morgan fingerprint density at radius 1 is 1.20 bits per heavy atom. The highest BCUT2D eigenvalue weighted by molar-refractivity contribution is 7.86. The van der Waals surface area contributed by atoms with Gasteiger partial charge in [0.25, 0.3) is 0 Å². The van der Waals surface area contributed by atoms with Crippen molar-refractivity contribution in [1.82, 2.24) is 0 Å². The van der Waals surface area contributed by atoms with E-state index in [0.29, 0.717) is 18.2 Å². The first kappa shape index (κ1) is 11.8. The topological polar surface area (TPSA) is 43.4 Å². The second-order valence-corrected chi connectivity index (χ2v) is 3.79. The molecule has 0 aromatic heterocycles. The molecule has 0 amide bonds. The molecule has 0 radical (unpaired) electrons. The van der Waals surface area contributed by atoms with Crippen molar-refractivity contribution in [2.45, 2.75) is 11.5 Å². The van der Waals surface area contributed by atoms with Crippen molar-refractivity contribution in [3.63, 3.8) is 0 Å². The van der Waals surface area contributed by atoms with Crippen LogP contribution in [0.3, 0.4) is 0 Å². The molecule has 84 valence electrons. The molecule has 0 spiro atoms. The van der Waals surface area contributed by atoms with Gasteiger partial charge >= 0.3 is 16.8 Å². The van der Waals surface area contributed by atoms with Gasteiger partial charge < -0.3 is 4.74 Å². The summed E-state index contributed by atoms with van der Waals surface area (Å²) in [5, 5.41) is 0. The van der Waals surface area contributed by atoms with Gasteiger partial charge in [0.2, 0.25) is 0 Å². The molecular weight excluding hydrogens is 240 g/mol. The Labute approximate surface area is 82.5 Å². The fraction of sp³-hybridized carbons (Fsp3) is 0.143. The first-order chi connectivity index (χ1) is 6.79. The summed E-state index contributed by atoms with van der Waals surface area (Å²) in [5.74, 6) is -1.95. The molecule has 15 heavy (non-hydrogen) atoms. The van der Waals surface area contributed by atoms with Crippen molar-refractivity contribution >= 4 is 10.2 Å². The van der Waals surface area contributed by atoms with Crippen LogP contribution in [0, 0.1) is 5.82 Å². The van der Waals surface area contributed by atoms with Crippen LogP contribution in [0.1, 0.15) is 0 Å². The normalized spacial score (nSPS) is 11.8. The molecular formula is C7H4F4O3S. The molecule has 0 aliphatic carbocycles. The summed E-state index contributed by atoms with van der Waals surface area (Å²) >= 11 is 0. The van der Waals surface area contributed by atoms with E-state index in [2.05, 4.69) is 4.74 Å². The van der Waals surface area contributed by atoms with E-state index in [0.717, 1.165) is 0 Å². The van der Waals surface area contributed by atoms with Gasteiger partial charge in [-0.25, -0.2) is 4.39 Å². The number of hydrogen-bond acceptors (Lipinski definition) is 3. The molecule has 3 nitrogen and oxygen atoms in total. The van der Waals surface area contributed by atoms with Crippen molar-refractivity contribution in [3.8, 4) is 5.75 Å². The van der Waals surface area contributed by atoms with E-state index in [4.69, 9.17) is 0 Å². The Kier molecular flexibility index (Phi) is 3.18. The quantitative estimate of drug-likeness (QED) is 0.604. The Bertz CT molecular complexity index is 457. The average Bonchev–Trinajstić information content (AvgIpc) is 1.99. The maximum absolute atomic E-state index is 12.7.